The van der Waals surface area contributed by atoms with E-state index in [2.05, 4.69) is 19.2 Å². The lowest BCUT2D eigenvalue weighted by Gasteiger charge is -2.38. The fraction of sp³-hybridized carbons (Fsp3) is 0.348. The first-order chi connectivity index (χ1) is 13.9. The molecule has 30 heavy (non-hydrogen) atoms. The maximum atomic E-state index is 11.7. The van der Waals surface area contributed by atoms with Gasteiger partial charge in [0.25, 0.3) is 0 Å². The number of halogens is 1. The number of hydrogen-bond donors (Lipinski definition) is 0. The molecule has 1 aliphatic heterocycles. The Kier molecular flexibility index (Phi) is 6.62. The molecule has 0 spiro atoms. The Bertz CT molecular complexity index is 1130. The molecule has 4 rings (SSSR count). The lowest BCUT2D eigenvalue weighted by Crippen LogP contribution is -3.00. The number of nitrogens with zero attached hydrogens (tertiary/aromatic N) is 1. The van der Waals surface area contributed by atoms with Crippen molar-refractivity contribution in [3.63, 3.8) is 0 Å². The lowest BCUT2D eigenvalue weighted by atomic mass is 10.0. The normalized spacial score (nSPS) is 17.6. The van der Waals surface area contributed by atoms with Crippen LogP contribution in [0.3, 0.4) is 0 Å². The minimum atomic E-state index is -0.332. The number of fused-ring (bicyclic) bond motifs is 2. The van der Waals surface area contributed by atoms with E-state index in [9.17, 15) is 4.79 Å². The number of ether oxygens (including phenoxy) is 3. The van der Waals surface area contributed by atoms with Crippen LogP contribution in [0, 0.1) is 6.92 Å². The molecule has 2 aromatic carbocycles. The van der Waals surface area contributed by atoms with Crippen LogP contribution in [0.15, 0.2) is 45.6 Å². The van der Waals surface area contributed by atoms with Crippen molar-refractivity contribution < 1.29 is 47.1 Å². The summed E-state index contributed by atoms with van der Waals surface area (Å²) in [7, 11) is 5.49. The molecule has 1 aromatic heterocycles. The second-order valence-electron chi connectivity index (χ2n) is 7.92. The van der Waals surface area contributed by atoms with Crippen LogP contribution in [0.25, 0.3) is 11.0 Å². The fourth-order valence-electron chi connectivity index (χ4n) is 3.91. The van der Waals surface area contributed by atoms with Crippen molar-refractivity contribution in [3.8, 4) is 17.2 Å². The topological polar surface area (TPSA) is 57.9 Å². The molecule has 160 valence electrons. The van der Waals surface area contributed by atoms with Gasteiger partial charge in [0.05, 0.1) is 27.8 Å². The van der Waals surface area contributed by atoms with E-state index in [4.69, 9.17) is 18.6 Å². The minimum Gasteiger partial charge on any atom is -1.00 e. The van der Waals surface area contributed by atoms with Gasteiger partial charge in [0.1, 0.15) is 17.9 Å². The Hall–Kier alpha value is -2.26. The number of rotatable bonds is 5. The Morgan fingerprint density at radius 1 is 1.07 bits per heavy atom. The SMILES string of the molecule is COc1ccc(CC[N+]2(C)COc3cc4oc(=O)cc(C)c4cc3C2)cc1OC.[I-]. The molecule has 0 bridgehead atoms. The van der Waals surface area contributed by atoms with Crippen molar-refractivity contribution in [2.75, 3.05) is 34.5 Å². The Balaban J connectivity index is 0.00000256. The van der Waals surface area contributed by atoms with E-state index in [1.165, 1.54) is 11.6 Å². The molecule has 0 radical (unpaired) electrons. The average molecular weight is 523 g/mol. The van der Waals surface area contributed by atoms with Gasteiger partial charge in [-0.1, -0.05) is 6.07 Å². The van der Waals surface area contributed by atoms with Crippen molar-refractivity contribution in [2.24, 2.45) is 0 Å². The van der Waals surface area contributed by atoms with Gasteiger partial charge in [-0.2, -0.15) is 0 Å². The first kappa shape index (κ1) is 22.4. The highest BCUT2D eigenvalue weighted by Gasteiger charge is 2.30. The number of hydrogen-bond acceptors (Lipinski definition) is 5. The van der Waals surface area contributed by atoms with Crippen molar-refractivity contribution in [2.45, 2.75) is 19.9 Å². The minimum absolute atomic E-state index is 0. The Morgan fingerprint density at radius 3 is 2.57 bits per heavy atom. The lowest BCUT2D eigenvalue weighted by molar-refractivity contribution is -0.939. The zero-order valence-electron chi connectivity index (χ0n) is 17.7. The molecule has 7 heteroatoms. The maximum absolute atomic E-state index is 11.7. The largest absolute Gasteiger partial charge is 1.00 e. The molecule has 2 heterocycles. The van der Waals surface area contributed by atoms with Crippen LogP contribution in [0.4, 0.5) is 0 Å². The quantitative estimate of drug-likeness (QED) is 0.280. The number of quaternary nitrogens is 1. The first-order valence-corrected chi connectivity index (χ1v) is 9.65. The summed E-state index contributed by atoms with van der Waals surface area (Å²) in [5.74, 6) is 2.28. The van der Waals surface area contributed by atoms with Gasteiger partial charge in [-0.05, 0) is 36.2 Å². The van der Waals surface area contributed by atoms with Crippen molar-refractivity contribution in [1.82, 2.24) is 0 Å². The van der Waals surface area contributed by atoms with Crippen LogP contribution in [0.2, 0.25) is 0 Å². The molecule has 1 aliphatic rings. The summed E-state index contributed by atoms with van der Waals surface area (Å²) in [4.78, 5) is 11.7. The van der Waals surface area contributed by atoms with E-state index in [-0.39, 0.29) is 29.6 Å². The standard InChI is InChI=1S/C23H26NO5.HI/c1-15-9-23(25)29-21-12-20-17(11-18(15)21)13-24(2,14-28-20)8-7-16-5-6-19(26-3)22(10-16)27-4;/h5-6,9-12H,7-8,13-14H2,1-4H3;1H/q+1;/p-1. The van der Waals surface area contributed by atoms with Gasteiger partial charge in [0.15, 0.2) is 11.5 Å². The van der Waals surface area contributed by atoms with Gasteiger partial charge in [-0.3, -0.25) is 4.48 Å². The molecule has 6 nitrogen and oxygen atoms in total. The number of likely N-dealkylation sites (N-methyl/N-ethyl adjacent to an activating group) is 1. The van der Waals surface area contributed by atoms with Gasteiger partial charge in [-0.15, -0.1) is 0 Å². The van der Waals surface area contributed by atoms with Crippen LogP contribution in [0.1, 0.15) is 16.7 Å². The molecule has 0 saturated heterocycles. The summed E-state index contributed by atoms with van der Waals surface area (Å²) < 4.78 is 22.9. The summed E-state index contributed by atoms with van der Waals surface area (Å²) in [6.07, 6.45) is 0.900. The second-order valence-corrected chi connectivity index (χ2v) is 7.92. The third kappa shape index (κ3) is 4.41. The Labute approximate surface area is 193 Å². The van der Waals surface area contributed by atoms with Crippen molar-refractivity contribution in [1.29, 1.82) is 0 Å². The molecule has 0 aliphatic carbocycles. The van der Waals surface area contributed by atoms with E-state index in [0.29, 0.717) is 12.3 Å². The van der Waals surface area contributed by atoms with E-state index < -0.39 is 0 Å². The molecule has 0 N–H and O–H groups in total. The second kappa shape index (κ2) is 8.85. The van der Waals surface area contributed by atoms with E-state index in [1.807, 2.05) is 25.1 Å². The van der Waals surface area contributed by atoms with Gasteiger partial charge < -0.3 is 42.6 Å². The molecule has 0 saturated carbocycles. The molecular formula is C23H26INO5. The maximum Gasteiger partial charge on any atom is 0.336 e. The summed E-state index contributed by atoms with van der Waals surface area (Å²) in [5, 5.41) is 0.959. The molecule has 0 amide bonds. The zero-order chi connectivity index (χ0) is 20.6. The highest BCUT2D eigenvalue weighted by atomic mass is 127. The monoisotopic (exact) mass is 523 g/mol. The third-order valence-corrected chi connectivity index (χ3v) is 5.60. The van der Waals surface area contributed by atoms with Gasteiger partial charge in [-0.25, -0.2) is 4.79 Å². The molecule has 1 unspecified atom stereocenters. The van der Waals surface area contributed by atoms with Crippen LogP contribution in [-0.4, -0.2) is 39.0 Å². The van der Waals surface area contributed by atoms with Crippen LogP contribution in [0.5, 0.6) is 17.2 Å². The highest BCUT2D eigenvalue weighted by molar-refractivity contribution is 5.82. The number of aryl methyl sites for hydroxylation is 1. The number of methoxy groups -OCH3 is 2. The zero-order valence-corrected chi connectivity index (χ0v) is 19.8. The fourth-order valence-corrected chi connectivity index (χ4v) is 3.91. The Morgan fingerprint density at radius 2 is 1.83 bits per heavy atom. The van der Waals surface area contributed by atoms with Crippen LogP contribution < -0.4 is 43.8 Å². The van der Waals surface area contributed by atoms with Crippen LogP contribution >= 0.6 is 0 Å². The van der Waals surface area contributed by atoms with E-state index in [0.717, 1.165) is 57.8 Å². The third-order valence-electron chi connectivity index (χ3n) is 5.60. The number of benzene rings is 2. The summed E-state index contributed by atoms with van der Waals surface area (Å²) in [6.45, 7) is 4.29. The average Bonchev–Trinajstić information content (AvgIpc) is 2.71. The predicted octanol–water partition coefficient (Wildman–Crippen LogP) is 0.662. The van der Waals surface area contributed by atoms with Crippen molar-refractivity contribution in [3.05, 3.63) is 63.5 Å². The van der Waals surface area contributed by atoms with Gasteiger partial charge in [0, 0.05) is 29.5 Å². The summed E-state index contributed by atoms with van der Waals surface area (Å²) >= 11 is 0. The first-order valence-electron chi connectivity index (χ1n) is 9.65. The van der Waals surface area contributed by atoms with Crippen molar-refractivity contribution >= 4 is 11.0 Å². The predicted molar refractivity (Wildman–Crippen MR) is 111 cm³/mol. The molecular weight excluding hydrogens is 497 g/mol. The smallest absolute Gasteiger partial charge is 0.336 e. The molecule has 3 aromatic rings. The summed E-state index contributed by atoms with van der Waals surface area (Å²) in [6, 6.07) is 11.5. The van der Waals surface area contributed by atoms with Crippen LogP contribution in [-0.2, 0) is 13.0 Å². The highest BCUT2D eigenvalue weighted by Crippen LogP contribution is 2.34. The summed E-state index contributed by atoms with van der Waals surface area (Å²) in [5.41, 5.74) is 3.50. The van der Waals surface area contributed by atoms with E-state index >= 15 is 0 Å². The van der Waals surface area contributed by atoms with Gasteiger partial charge >= 0.3 is 5.63 Å². The van der Waals surface area contributed by atoms with Gasteiger partial charge in [0.2, 0.25) is 6.73 Å². The molecule has 1 atom stereocenters. The molecule has 0 fully saturated rings. The van der Waals surface area contributed by atoms with E-state index in [1.54, 1.807) is 14.2 Å².